The number of thiol groups is 1. The lowest BCUT2D eigenvalue weighted by Crippen LogP contribution is -1.74. The average molecular weight is 149 g/mol. The van der Waals surface area contributed by atoms with E-state index in [-0.39, 0.29) is 5.16 Å². The lowest BCUT2D eigenvalue weighted by atomic mass is 10.6. The van der Waals surface area contributed by atoms with E-state index in [2.05, 4.69) is 6.92 Å². The van der Waals surface area contributed by atoms with Gasteiger partial charge in [0.25, 0.3) is 0 Å². The SMILES string of the molecule is [CH2]C[SH]1C=C(F)C=C1F. The summed E-state index contributed by atoms with van der Waals surface area (Å²) in [5, 5.41) is 0.954. The van der Waals surface area contributed by atoms with E-state index >= 15 is 0 Å². The van der Waals surface area contributed by atoms with E-state index in [1.54, 1.807) is 0 Å². The van der Waals surface area contributed by atoms with E-state index in [0.29, 0.717) is 5.75 Å². The van der Waals surface area contributed by atoms with Crippen molar-refractivity contribution in [2.24, 2.45) is 0 Å². The van der Waals surface area contributed by atoms with Crippen molar-refractivity contribution >= 4 is 10.9 Å². The lowest BCUT2D eigenvalue weighted by Gasteiger charge is -2.05. The summed E-state index contributed by atoms with van der Waals surface area (Å²) < 4.78 is 24.5. The second-order valence-electron chi connectivity index (χ2n) is 1.67. The van der Waals surface area contributed by atoms with E-state index in [9.17, 15) is 8.78 Å². The van der Waals surface area contributed by atoms with Gasteiger partial charge in [-0.15, -0.1) is 0 Å². The minimum Gasteiger partial charge on any atom is -0.206 e. The predicted molar refractivity (Wildman–Crippen MR) is 37.6 cm³/mol. The zero-order chi connectivity index (χ0) is 6.85. The van der Waals surface area contributed by atoms with Crippen molar-refractivity contribution < 1.29 is 8.78 Å². The van der Waals surface area contributed by atoms with Gasteiger partial charge in [-0.3, -0.25) is 0 Å². The molecule has 0 aromatic rings. The second kappa shape index (κ2) is 2.52. The van der Waals surface area contributed by atoms with Gasteiger partial charge >= 0.3 is 0 Å². The van der Waals surface area contributed by atoms with Gasteiger partial charge in [0.1, 0.15) is 11.0 Å². The summed E-state index contributed by atoms with van der Waals surface area (Å²) in [6.07, 6.45) is 0.927. The highest BCUT2D eigenvalue weighted by molar-refractivity contribution is 8.23. The first-order valence-electron chi connectivity index (χ1n) is 2.54. The quantitative estimate of drug-likeness (QED) is 0.544. The lowest BCUT2D eigenvalue weighted by molar-refractivity contribution is 0.653. The fourth-order valence-corrected chi connectivity index (χ4v) is 1.74. The Morgan fingerprint density at radius 1 is 1.56 bits per heavy atom. The van der Waals surface area contributed by atoms with Gasteiger partial charge in [0.05, 0.1) is 0 Å². The van der Waals surface area contributed by atoms with Crippen LogP contribution in [0.3, 0.4) is 0 Å². The third-order valence-electron chi connectivity index (χ3n) is 1.05. The maximum absolute atomic E-state index is 12.4. The van der Waals surface area contributed by atoms with Gasteiger partial charge in [-0.1, -0.05) is 0 Å². The number of hydrogen-bond acceptors (Lipinski definition) is 0. The van der Waals surface area contributed by atoms with Gasteiger partial charge in [0, 0.05) is 6.08 Å². The molecule has 1 radical (unpaired) electrons. The zero-order valence-electron chi connectivity index (χ0n) is 4.77. The molecule has 0 saturated heterocycles. The van der Waals surface area contributed by atoms with E-state index in [1.165, 1.54) is 5.41 Å². The molecule has 0 N–H and O–H groups in total. The van der Waals surface area contributed by atoms with E-state index in [4.69, 9.17) is 0 Å². The summed E-state index contributed by atoms with van der Waals surface area (Å²) in [6, 6.07) is 0. The monoisotopic (exact) mass is 149 g/mol. The van der Waals surface area contributed by atoms with Crippen LogP contribution in [0, 0.1) is 6.92 Å². The molecule has 0 saturated carbocycles. The molecule has 0 aromatic carbocycles. The van der Waals surface area contributed by atoms with Crippen molar-refractivity contribution in [1.29, 1.82) is 0 Å². The molecule has 1 atom stereocenters. The number of halogens is 2. The number of allylic oxidation sites excluding steroid dienone is 2. The third-order valence-corrected chi connectivity index (χ3v) is 2.77. The van der Waals surface area contributed by atoms with Crippen molar-refractivity contribution in [3.05, 3.63) is 29.4 Å². The molecule has 1 unspecified atom stereocenters. The molecule has 1 aliphatic rings. The maximum atomic E-state index is 12.4. The van der Waals surface area contributed by atoms with Crippen LogP contribution in [0.15, 0.2) is 22.5 Å². The van der Waals surface area contributed by atoms with Crippen LogP contribution in [0.25, 0.3) is 0 Å². The minimum absolute atomic E-state index is 0.350. The Kier molecular flexibility index (Phi) is 1.90. The van der Waals surface area contributed by atoms with Crippen LogP contribution in [-0.2, 0) is 0 Å². The molecule has 0 bridgehead atoms. The summed E-state index contributed by atoms with van der Waals surface area (Å²) in [6.45, 7) is 3.49. The van der Waals surface area contributed by atoms with Crippen LogP contribution in [0.5, 0.6) is 0 Å². The standard InChI is InChI=1S/C6H7F2S/c1-2-9-4-5(7)3-6(9)8/h3-4,9H,1-2H2. The average Bonchev–Trinajstić information content (AvgIpc) is 2.10. The van der Waals surface area contributed by atoms with Crippen molar-refractivity contribution in [2.75, 3.05) is 5.75 Å². The molecular weight excluding hydrogens is 142 g/mol. The Morgan fingerprint density at radius 2 is 2.22 bits per heavy atom. The normalized spacial score (nSPS) is 29.9. The predicted octanol–water partition coefficient (Wildman–Crippen LogP) is 2.46. The van der Waals surface area contributed by atoms with E-state index < -0.39 is 16.7 Å². The number of rotatable bonds is 1. The second-order valence-corrected chi connectivity index (χ2v) is 3.75. The molecule has 1 rings (SSSR count). The molecule has 1 aliphatic heterocycles. The van der Waals surface area contributed by atoms with E-state index in [1.807, 2.05) is 0 Å². The first kappa shape index (κ1) is 6.81. The van der Waals surface area contributed by atoms with Crippen molar-refractivity contribution in [3.8, 4) is 0 Å². The van der Waals surface area contributed by atoms with Crippen LogP contribution in [0.2, 0.25) is 0 Å². The van der Waals surface area contributed by atoms with E-state index in [0.717, 1.165) is 6.08 Å². The van der Waals surface area contributed by atoms with Gasteiger partial charge in [-0.2, -0.15) is 10.9 Å². The van der Waals surface area contributed by atoms with Gasteiger partial charge < -0.3 is 0 Å². The zero-order valence-corrected chi connectivity index (χ0v) is 5.67. The smallest absolute Gasteiger partial charge is 0.143 e. The molecule has 1 heterocycles. The minimum atomic E-state index is -0.997. The molecule has 0 aliphatic carbocycles. The first-order chi connectivity index (χ1) is 4.24. The highest BCUT2D eigenvalue weighted by atomic mass is 32.2. The van der Waals surface area contributed by atoms with Crippen molar-refractivity contribution in [3.63, 3.8) is 0 Å². The molecule has 51 valence electrons. The largest absolute Gasteiger partial charge is 0.206 e. The highest BCUT2D eigenvalue weighted by Gasteiger charge is 2.12. The van der Waals surface area contributed by atoms with Gasteiger partial charge in [-0.25, -0.2) is 8.78 Å². The van der Waals surface area contributed by atoms with Gasteiger partial charge in [-0.05, 0) is 18.1 Å². The summed E-state index contributed by atoms with van der Waals surface area (Å²) >= 11 is 0. The fraction of sp³-hybridized carbons (Fsp3) is 0.167. The number of hydrogen-bond donors (Lipinski definition) is 1. The molecule has 0 amide bonds. The maximum Gasteiger partial charge on any atom is 0.143 e. The molecule has 0 aromatic heterocycles. The van der Waals surface area contributed by atoms with Crippen LogP contribution < -0.4 is 0 Å². The Hall–Kier alpha value is -0.310. The molecule has 3 heteroatoms. The molecule has 0 spiro atoms. The third kappa shape index (κ3) is 1.33. The first-order valence-corrected chi connectivity index (χ1v) is 4.14. The van der Waals surface area contributed by atoms with Gasteiger partial charge in [0.2, 0.25) is 0 Å². The van der Waals surface area contributed by atoms with Crippen LogP contribution in [-0.4, -0.2) is 5.75 Å². The molecule has 0 nitrogen and oxygen atoms in total. The Morgan fingerprint density at radius 3 is 2.44 bits per heavy atom. The Bertz CT molecular complexity index is 172. The summed E-state index contributed by atoms with van der Waals surface area (Å²) in [7, 11) is -0.997. The Labute approximate surface area is 55.6 Å². The topological polar surface area (TPSA) is 0 Å². The van der Waals surface area contributed by atoms with Gasteiger partial charge in [0.15, 0.2) is 0 Å². The summed E-state index contributed by atoms with van der Waals surface area (Å²) in [5.41, 5.74) is 0. The van der Waals surface area contributed by atoms with Crippen LogP contribution in [0.1, 0.15) is 0 Å². The van der Waals surface area contributed by atoms with Crippen LogP contribution in [0.4, 0.5) is 8.78 Å². The summed E-state index contributed by atoms with van der Waals surface area (Å²) in [4.78, 5) is 0. The Balaban J connectivity index is 2.70. The molecular formula is C6H7F2S. The highest BCUT2D eigenvalue weighted by Crippen LogP contribution is 2.43. The van der Waals surface area contributed by atoms with Crippen molar-refractivity contribution in [1.82, 2.24) is 0 Å². The molecule has 0 fully saturated rings. The van der Waals surface area contributed by atoms with Crippen molar-refractivity contribution in [2.45, 2.75) is 0 Å². The summed E-state index contributed by atoms with van der Waals surface area (Å²) in [5.74, 6) is -0.00675. The molecule has 9 heavy (non-hydrogen) atoms. The fourth-order valence-electron chi connectivity index (χ4n) is 0.616. The van der Waals surface area contributed by atoms with Crippen LogP contribution >= 0.6 is 10.9 Å².